The number of hydrogen-bond donors (Lipinski definition) is 1. The Morgan fingerprint density at radius 1 is 1.15 bits per heavy atom. The Hall–Kier alpha value is -0.570. The minimum Gasteiger partial charge on any atom is -0.460 e. The highest BCUT2D eigenvalue weighted by molar-refractivity contribution is 5.70. The van der Waals surface area contributed by atoms with Crippen LogP contribution in [0.25, 0.3) is 0 Å². The first kappa shape index (κ1) is 17.5. The first-order valence-corrected chi connectivity index (χ1v) is 7.84. The molecule has 1 fully saturated rings. The van der Waals surface area contributed by atoms with Crippen LogP contribution in [0.2, 0.25) is 0 Å². The van der Waals surface area contributed by atoms with Crippen LogP contribution in [-0.4, -0.2) is 24.2 Å². The lowest BCUT2D eigenvalue weighted by Gasteiger charge is -2.45. The van der Waals surface area contributed by atoms with Gasteiger partial charge in [0.1, 0.15) is 5.60 Å². The van der Waals surface area contributed by atoms with E-state index in [0.717, 1.165) is 0 Å². The second-order valence-corrected chi connectivity index (χ2v) is 8.90. The summed E-state index contributed by atoms with van der Waals surface area (Å²) < 4.78 is 5.33. The molecule has 0 spiro atoms. The van der Waals surface area contributed by atoms with Crippen molar-refractivity contribution in [3.8, 4) is 0 Å². The molecule has 1 aliphatic rings. The lowest BCUT2D eigenvalue weighted by Crippen LogP contribution is -2.44. The van der Waals surface area contributed by atoms with E-state index in [1.165, 1.54) is 19.3 Å². The van der Waals surface area contributed by atoms with Crippen molar-refractivity contribution in [2.24, 2.45) is 10.8 Å². The standard InChI is InChI=1S/C17H33NO2/c1-15(2,3)20-14(19)8-9-18-13-10-16(4,5)12-17(6,7)11-13/h13,18H,8-12H2,1-7H3. The summed E-state index contributed by atoms with van der Waals surface area (Å²) in [7, 11) is 0. The maximum Gasteiger partial charge on any atom is 0.307 e. The quantitative estimate of drug-likeness (QED) is 0.795. The molecule has 0 atom stereocenters. The van der Waals surface area contributed by atoms with Crippen molar-refractivity contribution in [1.29, 1.82) is 0 Å². The molecule has 0 aromatic rings. The van der Waals surface area contributed by atoms with Gasteiger partial charge in [0.15, 0.2) is 0 Å². The van der Waals surface area contributed by atoms with Crippen molar-refractivity contribution in [2.75, 3.05) is 6.54 Å². The number of esters is 1. The van der Waals surface area contributed by atoms with Crippen LogP contribution in [0.15, 0.2) is 0 Å². The molecule has 0 amide bonds. The van der Waals surface area contributed by atoms with Gasteiger partial charge in [-0.25, -0.2) is 0 Å². The molecule has 0 aliphatic heterocycles. The monoisotopic (exact) mass is 283 g/mol. The Morgan fingerprint density at radius 3 is 2.10 bits per heavy atom. The fourth-order valence-electron chi connectivity index (χ4n) is 3.76. The molecular formula is C17H33NO2. The van der Waals surface area contributed by atoms with Gasteiger partial charge in [0.05, 0.1) is 6.42 Å². The zero-order valence-electron chi connectivity index (χ0n) is 14.4. The van der Waals surface area contributed by atoms with Gasteiger partial charge in [-0.3, -0.25) is 4.79 Å². The van der Waals surface area contributed by atoms with Gasteiger partial charge in [0.25, 0.3) is 0 Å². The number of ether oxygens (including phenoxy) is 1. The van der Waals surface area contributed by atoms with E-state index in [2.05, 4.69) is 33.0 Å². The van der Waals surface area contributed by atoms with Gasteiger partial charge in [0.2, 0.25) is 0 Å². The molecule has 1 N–H and O–H groups in total. The zero-order valence-corrected chi connectivity index (χ0v) is 14.4. The molecule has 0 radical (unpaired) electrons. The predicted molar refractivity (Wildman–Crippen MR) is 83.7 cm³/mol. The fraction of sp³-hybridized carbons (Fsp3) is 0.941. The topological polar surface area (TPSA) is 38.3 Å². The summed E-state index contributed by atoms with van der Waals surface area (Å²) in [6.45, 7) is 15.8. The molecule has 1 aliphatic carbocycles. The van der Waals surface area contributed by atoms with Gasteiger partial charge in [-0.15, -0.1) is 0 Å². The van der Waals surface area contributed by atoms with E-state index in [0.29, 0.717) is 29.8 Å². The third-order valence-corrected chi connectivity index (χ3v) is 3.74. The summed E-state index contributed by atoms with van der Waals surface area (Å²) in [5.41, 5.74) is 0.378. The Balaban J connectivity index is 2.37. The van der Waals surface area contributed by atoms with E-state index in [4.69, 9.17) is 4.74 Å². The van der Waals surface area contributed by atoms with Crippen molar-refractivity contribution < 1.29 is 9.53 Å². The van der Waals surface area contributed by atoms with Crippen molar-refractivity contribution >= 4 is 5.97 Å². The summed E-state index contributed by atoms with van der Waals surface area (Å²) >= 11 is 0. The summed E-state index contributed by atoms with van der Waals surface area (Å²) in [6, 6.07) is 0.510. The van der Waals surface area contributed by atoms with E-state index >= 15 is 0 Å². The number of hydrogen-bond acceptors (Lipinski definition) is 3. The van der Waals surface area contributed by atoms with Crippen LogP contribution in [-0.2, 0) is 9.53 Å². The highest BCUT2D eigenvalue weighted by Gasteiger charge is 2.38. The fourth-order valence-corrected chi connectivity index (χ4v) is 3.76. The van der Waals surface area contributed by atoms with E-state index in [-0.39, 0.29) is 11.6 Å². The first-order chi connectivity index (χ1) is 8.89. The highest BCUT2D eigenvalue weighted by atomic mass is 16.6. The Bertz CT molecular complexity index is 323. The third-order valence-electron chi connectivity index (χ3n) is 3.74. The average Bonchev–Trinajstić information content (AvgIpc) is 2.08. The Labute approximate surface area is 124 Å². The lowest BCUT2D eigenvalue weighted by atomic mass is 9.63. The molecule has 1 saturated carbocycles. The molecule has 0 aromatic carbocycles. The minimum absolute atomic E-state index is 0.112. The zero-order chi connectivity index (χ0) is 15.6. The van der Waals surface area contributed by atoms with Crippen LogP contribution in [0.3, 0.4) is 0 Å². The molecule has 118 valence electrons. The predicted octanol–water partition coefficient (Wildman–Crippen LogP) is 3.91. The van der Waals surface area contributed by atoms with Crippen molar-refractivity contribution in [1.82, 2.24) is 5.32 Å². The summed E-state index contributed by atoms with van der Waals surface area (Å²) in [4.78, 5) is 11.7. The van der Waals surface area contributed by atoms with E-state index in [1.807, 2.05) is 20.8 Å². The van der Waals surface area contributed by atoms with Crippen LogP contribution >= 0.6 is 0 Å². The summed E-state index contributed by atoms with van der Waals surface area (Å²) in [5, 5.41) is 3.55. The normalized spacial score (nSPS) is 22.6. The Morgan fingerprint density at radius 2 is 1.65 bits per heavy atom. The molecule has 0 aromatic heterocycles. The van der Waals surface area contributed by atoms with Gasteiger partial charge in [-0.05, 0) is 50.9 Å². The van der Waals surface area contributed by atoms with Crippen LogP contribution in [0, 0.1) is 10.8 Å². The van der Waals surface area contributed by atoms with Gasteiger partial charge in [0, 0.05) is 12.6 Å². The summed E-state index contributed by atoms with van der Waals surface area (Å²) in [5.74, 6) is -0.112. The second kappa shape index (κ2) is 6.05. The third kappa shape index (κ3) is 6.74. The maximum atomic E-state index is 11.7. The number of rotatable bonds is 4. The summed E-state index contributed by atoms with van der Waals surface area (Å²) in [6.07, 6.45) is 4.09. The Kier molecular flexibility index (Phi) is 5.29. The van der Waals surface area contributed by atoms with Crippen LogP contribution < -0.4 is 5.32 Å². The molecule has 0 bridgehead atoms. The molecule has 3 nitrogen and oxygen atoms in total. The van der Waals surface area contributed by atoms with Crippen LogP contribution in [0.5, 0.6) is 0 Å². The first-order valence-electron chi connectivity index (χ1n) is 7.84. The van der Waals surface area contributed by atoms with Gasteiger partial charge < -0.3 is 10.1 Å². The molecule has 20 heavy (non-hydrogen) atoms. The molecule has 1 rings (SSSR count). The average molecular weight is 283 g/mol. The highest BCUT2D eigenvalue weighted by Crippen LogP contribution is 2.45. The van der Waals surface area contributed by atoms with Crippen LogP contribution in [0.1, 0.15) is 74.1 Å². The van der Waals surface area contributed by atoms with Crippen molar-refractivity contribution in [3.05, 3.63) is 0 Å². The van der Waals surface area contributed by atoms with Gasteiger partial charge >= 0.3 is 5.97 Å². The lowest BCUT2D eigenvalue weighted by molar-refractivity contribution is -0.154. The molecular weight excluding hydrogens is 250 g/mol. The van der Waals surface area contributed by atoms with Gasteiger partial charge in [-0.1, -0.05) is 27.7 Å². The molecule has 3 heteroatoms. The largest absolute Gasteiger partial charge is 0.460 e. The van der Waals surface area contributed by atoms with Crippen LogP contribution in [0.4, 0.5) is 0 Å². The van der Waals surface area contributed by atoms with Crippen molar-refractivity contribution in [3.63, 3.8) is 0 Å². The van der Waals surface area contributed by atoms with Crippen molar-refractivity contribution in [2.45, 2.75) is 85.8 Å². The van der Waals surface area contributed by atoms with E-state index in [1.54, 1.807) is 0 Å². The van der Waals surface area contributed by atoms with E-state index < -0.39 is 0 Å². The number of nitrogens with one attached hydrogen (secondary N) is 1. The number of carbonyl (C=O) groups is 1. The van der Waals surface area contributed by atoms with Gasteiger partial charge in [-0.2, -0.15) is 0 Å². The smallest absolute Gasteiger partial charge is 0.307 e. The molecule has 0 unspecified atom stereocenters. The molecule has 0 saturated heterocycles. The maximum absolute atomic E-state index is 11.7. The molecule has 0 heterocycles. The SMILES string of the molecule is CC1(C)CC(NCCC(=O)OC(C)(C)C)CC(C)(C)C1. The second-order valence-electron chi connectivity index (χ2n) is 8.90. The number of carbonyl (C=O) groups excluding carboxylic acids is 1. The van der Waals surface area contributed by atoms with E-state index in [9.17, 15) is 4.79 Å². The minimum atomic E-state index is -0.383.